The van der Waals surface area contributed by atoms with E-state index in [1.165, 1.54) is 12.1 Å². The Morgan fingerprint density at radius 2 is 2.16 bits per heavy atom. The van der Waals surface area contributed by atoms with Gasteiger partial charge in [-0.25, -0.2) is 4.39 Å². The van der Waals surface area contributed by atoms with Crippen LogP contribution in [0.25, 0.3) is 0 Å². The molecule has 0 spiro atoms. The number of Topliss-reactive ketones (excluding diaryl/α,β-unsaturated/α-hetero) is 1. The number of carbonyl (C=O) groups is 1. The summed E-state index contributed by atoms with van der Waals surface area (Å²) >= 11 is 1.79. The van der Waals surface area contributed by atoms with E-state index in [1.807, 2.05) is 14.0 Å². The van der Waals surface area contributed by atoms with E-state index in [9.17, 15) is 9.18 Å². The minimum Gasteiger partial charge on any atom is -0.302 e. The summed E-state index contributed by atoms with van der Waals surface area (Å²) in [7, 11) is 2.02. The lowest BCUT2D eigenvalue weighted by molar-refractivity contribution is 0.0889. The molecule has 1 aromatic heterocycles. The highest BCUT2D eigenvalue weighted by Crippen LogP contribution is 2.11. The van der Waals surface area contributed by atoms with Crippen LogP contribution < -0.4 is 0 Å². The van der Waals surface area contributed by atoms with Gasteiger partial charge in [0, 0.05) is 24.3 Å². The zero-order chi connectivity index (χ0) is 14.4. The van der Waals surface area contributed by atoms with Crippen molar-refractivity contribution < 1.29 is 9.18 Å². The first-order valence-electron chi connectivity index (χ1n) is 6.30. The van der Waals surface area contributed by atoms with E-state index in [0.717, 1.165) is 11.9 Å². The fourth-order valence-corrected chi connectivity index (χ4v) is 2.57. The Bertz CT molecular complexity index is 410. The van der Waals surface area contributed by atoms with Crippen LogP contribution >= 0.6 is 11.8 Å². The van der Waals surface area contributed by atoms with E-state index in [-0.39, 0.29) is 11.7 Å². The molecule has 2 unspecified atom stereocenters. The fraction of sp³-hybridized carbons (Fsp3) is 0.571. The summed E-state index contributed by atoms with van der Waals surface area (Å²) in [6.07, 6.45) is 3.15. The lowest BCUT2D eigenvalue weighted by atomic mass is 10.0. The van der Waals surface area contributed by atoms with Gasteiger partial charge in [-0.05, 0) is 32.4 Å². The van der Waals surface area contributed by atoms with Crippen molar-refractivity contribution in [2.45, 2.75) is 19.9 Å². The van der Waals surface area contributed by atoms with Gasteiger partial charge in [-0.2, -0.15) is 11.8 Å². The van der Waals surface area contributed by atoms with Crippen LogP contribution in [0.1, 0.15) is 24.3 Å². The van der Waals surface area contributed by atoms with E-state index in [4.69, 9.17) is 0 Å². The standard InChI is InChI=1S/C14H21FN2OS/c1-10(8-17(3)11(2)9-19-4)14(18)13-6-5-12(15)7-16-13/h5-7,10-11H,8-9H2,1-4H3. The molecule has 0 fully saturated rings. The van der Waals surface area contributed by atoms with Crippen molar-refractivity contribution in [2.75, 3.05) is 25.6 Å². The molecule has 0 aliphatic carbocycles. The minimum atomic E-state index is -0.421. The molecule has 0 aliphatic rings. The number of halogens is 1. The summed E-state index contributed by atoms with van der Waals surface area (Å²) < 4.78 is 12.8. The largest absolute Gasteiger partial charge is 0.302 e. The minimum absolute atomic E-state index is 0.0387. The zero-order valence-corrected chi connectivity index (χ0v) is 12.7. The van der Waals surface area contributed by atoms with Gasteiger partial charge >= 0.3 is 0 Å². The molecular weight excluding hydrogens is 263 g/mol. The van der Waals surface area contributed by atoms with Crippen molar-refractivity contribution in [1.29, 1.82) is 0 Å². The maximum atomic E-state index is 12.8. The maximum absolute atomic E-state index is 12.8. The van der Waals surface area contributed by atoms with Crippen LogP contribution in [0, 0.1) is 11.7 Å². The molecule has 0 N–H and O–H groups in total. The number of ketones is 1. The Morgan fingerprint density at radius 3 is 2.68 bits per heavy atom. The van der Waals surface area contributed by atoms with Gasteiger partial charge in [0.25, 0.3) is 0 Å². The predicted molar refractivity (Wildman–Crippen MR) is 78.2 cm³/mol. The van der Waals surface area contributed by atoms with Crippen LogP contribution in [-0.4, -0.2) is 47.3 Å². The molecule has 19 heavy (non-hydrogen) atoms. The van der Waals surface area contributed by atoms with Gasteiger partial charge in [0.15, 0.2) is 5.78 Å². The van der Waals surface area contributed by atoms with Crippen molar-refractivity contribution in [3.05, 3.63) is 29.8 Å². The lowest BCUT2D eigenvalue weighted by Gasteiger charge is -2.26. The Kier molecular flexibility index (Phi) is 6.45. The van der Waals surface area contributed by atoms with Crippen molar-refractivity contribution in [1.82, 2.24) is 9.88 Å². The number of aromatic nitrogens is 1. The number of thioether (sulfide) groups is 1. The van der Waals surface area contributed by atoms with Crippen LogP contribution in [0.4, 0.5) is 4.39 Å². The van der Waals surface area contributed by atoms with E-state index in [2.05, 4.69) is 23.1 Å². The number of hydrogen-bond acceptors (Lipinski definition) is 4. The first-order chi connectivity index (χ1) is 8.95. The topological polar surface area (TPSA) is 33.2 Å². The van der Waals surface area contributed by atoms with Gasteiger partial charge in [-0.3, -0.25) is 9.78 Å². The summed E-state index contributed by atoms with van der Waals surface area (Å²) in [6.45, 7) is 4.71. The molecule has 5 heteroatoms. The fourth-order valence-electron chi connectivity index (χ4n) is 1.84. The molecule has 1 rings (SSSR count). The van der Waals surface area contributed by atoms with Crippen LogP contribution in [-0.2, 0) is 0 Å². The normalized spacial score (nSPS) is 14.4. The Morgan fingerprint density at radius 1 is 1.47 bits per heavy atom. The van der Waals surface area contributed by atoms with Crippen molar-refractivity contribution in [3.8, 4) is 0 Å². The summed E-state index contributed by atoms with van der Waals surface area (Å²) in [5, 5.41) is 0. The molecule has 1 aromatic rings. The van der Waals surface area contributed by atoms with Crippen molar-refractivity contribution >= 4 is 17.5 Å². The first-order valence-corrected chi connectivity index (χ1v) is 7.70. The Balaban J connectivity index is 2.60. The SMILES string of the molecule is CSCC(C)N(C)CC(C)C(=O)c1ccc(F)cn1. The second-order valence-electron chi connectivity index (χ2n) is 4.87. The lowest BCUT2D eigenvalue weighted by Crippen LogP contribution is -2.36. The first kappa shape index (κ1) is 16.1. The average Bonchev–Trinajstić information content (AvgIpc) is 2.38. The van der Waals surface area contributed by atoms with Crippen LogP contribution in [0.2, 0.25) is 0 Å². The molecule has 0 amide bonds. The molecule has 3 nitrogen and oxygen atoms in total. The van der Waals surface area contributed by atoms with Crippen molar-refractivity contribution in [3.63, 3.8) is 0 Å². The summed E-state index contributed by atoms with van der Waals surface area (Å²) in [5.74, 6) is 0.428. The molecule has 0 saturated heterocycles. The summed E-state index contributed by atoms with van der Waals surface area (Å²) in [4.78, 5) is 18.2. The van der Waals surface area contributed by atoms with E-state index >= 15 is 0 Å². The molecule has 0 aliphatic heterocycles. The van der Waals surface area contributed by atoms with Gasteiger partial charge in [0.05, 0.1) is 6.20 Å². The number of rotatable bonds is 7. The molecule has 0 radical (unpaired) electrons. The van der Waals surface area contributed by atoms with E-state index < -0.39 is 5.82 Å². The second kappa shape index (κ2) is 7.60. The molecule has 0 bridgehead atoms. The molecule has 1 heterocycles. The quantitative estimate of drug-likeness (QED) is 0.721. The third-order valence-corrected chi connectivity index (χ3v) is 3.97. The highest BCUT2D eigenvalue weighted by atomic mass is 32.2. The third-order valence-electron chi connectivity index (χ3n) is 3.15. The average molecular weight is 284 g/mol. The smallest absolute Gasteiger partial charge is 0.185 e. The Hall–Kier alpha value is -0.940. The molecule has 2 atom stereocenters. The number of pyridine rings is 1. The highest BCUT2D eigenvalue weighted by Gasteiger charge is 2.20. The molecule has 106 valence electrons. The summed E-state index contributed by atoms with van der Waals surface area (Å²) in [6, 6.07) is 3.14. The monoisotopic (exact) mass is 284 g/mol. The van der Waals surface area contributed by atoms with E-state index in [0.29, 0.717) is 18.3 Å². The number of hydrogen-bond donors (Lipinski definition) is 0. The van der Waals surface area contributed by atoms with Crippen molar-refractivity contribution in [2.24, 2.45) is 5.92 Å². The Labute approximate surface area is 118 Å². The van der Waals surface area contributed by atoms with Gasteiger partial charge < -0.3 is 4.90 Å². The predicted octanol–water partition coefficient (Wildman–Crippen LogP) is 2.72. The summed E-state index contributed by atoms with van der Waals surface area (Å²) in [5.41, 5.74) is 0.333. The molecular formula is C14H21FN2OS. The van der Waals surface area contributed by atoms with E-state index in [1.54, 1.807) is 11.8 Å². The van der Waals surface area contributed by atoms with Crippen LogP contribution in [0.3, 0.4) is 0 Å². The second-order valence-corrected chi connectivity index (χ2v) is 5.78. The third kappa shape index (κ3) is 4.91. The number of carbonyl (C=O) groups excluding carboxylic acids is 1. The van der Waals surface area contributed by atoms with Gasteiger partial charge in [-0.1, -0.05) is 6.92 Å². The molecule has 0 aromatic carbocycles. The maximum Gasteiger partial charge on any atom is 0.185 e. The van der Waals surface area contributed by atoms with Crippen LogP contribution in [0.15, 0.2) is 18.3 Å². The van der Waals surface area contributed by atoms with Gasteiger partial charge in [0.1, 0.15) is 11.5 Å². The highest BCUT2D eigenvalue weighted by molar-refractivity contribution is 7.98. The molecule has 0 saturated carbocycles. The number of nitrogens with zero attached hydrogens (tertiary/aromatic N) is 2. The zero-order valence-electron chi connectivity index (χ0n) is 11.9. The van der Waals surface area contributed by atoms with Crippen LogP contribution in [0.5, 0.6) is 0 Å². The van der Waals surface area contributed by atoms with Gasteiger partial charge in [0.2, 0.25) is 0 Å². The van der Waals surface area contributed by atoms with Gasteiger partial charge in [-0.15, -0.1) is 0 Å².